The van der Waals surface area contributed by atoms with E-state index in [1.807, 2.05) is 11.5 Å². The Labute approximate surface area is 121 Å². The SMILES string of the molecule is Cc1nnc2n1CCN(C(=O)Nc1cccc(Cl)c1)C2. The van der Waals surface area contributed by atoms with Crippen LogP contribution in [0.4, 0.5) is 10.5 Å². The number of hydrogen-bond acceptors (Lipinski definition) is 3. The first-order valence-electron chi connectivity index (χ1n) is 6.33. The van der Waals surface area contributed by atoms with E-state index < -0.39 is 0 Å². The van der Waals surface area contributed by atoms with Crippen molar-refractivity contribution in [3.05, 3.63) is 40.9 Å². The van der Waals surface area contributed by atoms with Crippen molar-refractivity contribution < 1.29 is 4.79 Å². The molecule has 1 aliphatic heterocycles. The van der Waals surface area contributed by atoms with Crippen LogP contribution in [-0.4, -0.2) is 32.2 Å². The van der Waals surface area contributed by atoms with Crippen LogP contribution >= 0.6 is 11.6 Å². The van der Waals surface area contributed by atoms with Gasteiger partial charge in [-0.2, -0.15) is 0 Å². The number of aromatic nitrogens is 3. The number of rotatable bonds is 1. The molecule has 1 aliphatic rings. The molecule has 0 atom stereocenters. The molecule has 2 heterocycles. The van der Waals surface area contributed by atoms with Crippen molar-refractivity contribution in [1.29, 1.82) is 0 Å². The molecule has 0 aliphatic carbocycles. The molecule has 2 aromatic rings. The molecular formula is C13H14ClN5O. The lowest BCUT2D eigenvalue weighted by atomic mass is 10.3. The van der Waals surface area contributed by atoms with E-state index in [4.69, 9.17) is 11.6 Å². The summed E-state index contributed by atoms with van der Waals surface area (Å²) < 4.78 is 2.03. The van der Waals surface area contributed by atoms with Gasteiger partial charge in [0.05, 0.1) is 6.54 Å². The van der Waals surface area contributed by atoms with Crippen molar-refractivity contribution >= 4 is 23.3 Å². The van der Waals surface area contributed by atoms with Crippen LogP contribution in [0.25, 0.3) is 0 Å². The van der Waals surface area contributed by atoms with Crippen molar-refractivity contribution in [3.63, 3.8) is 0 Å². The van der Waals surface area contributed by atoms with E-state index in [1.165, 1.54) is 0 Å². The minimum Gasteiger partial charge on any atom is -0.315 e. The average molecular weight is 292 g/mol. The van der Waals surface area contributed by atoms with Crippen LogP contribution in [0.5, 0.6) is 0 Å². The number of nitrogens with one attached hydrogen (secondary N) is 1. The standard InChI is InChI=1S/C13H14ClN5O/c1-9-16-17-12-8-18(5-6-19(9)12)13(20)15-11-4-2-3-10(14)7-11/h2-4,7H,5-6,8H2,1H3,(H,15,20). The molecule has 0 spiro atoms. The van der Waals surface area contributed by atoms with Gasteiger partial charge in [-0.3, -0.25) is 0 Å². The first-order valence-corrected chi connectivity index (χ1v) is 6.71. The van der Waals surface area contributed by atoms with Gasteiger partial charge < -0.3 is 14.8 Å². The van der Waals surface area contributed by atoms with Gasteiger partial charge in [0, 0.05) is 23.8 Å². The molecule has 7 heteroatoms. The van der Waals surface area contributed by atoms with Gasteiger partial charge in [0.25, 0.3) is 0 Å². The number of fused-ring (bicyclic) bond motifs is 1. The predicted octanol–water partition coefficient (Wildman–Crippen LogP) is 2.29. The molecule has 2 amide bonds. The number of carbonyl (C=O) groups is 1. The minimum atomic E-state index is -0.154. The summed E-state index contributed by atoms with van der Waals surface area (Å²) in [6.07, 6.45) is 0. The van der Waals surface area contributed by atoms with E-state index in [-0.39, 0.29) is 6.03 Å². The Morgan fingerprint density at radius 1 is 1.35 bits per heavy atom. The van der Waals surface area contributed by atoms with Gasteiger partial charge in [-0.05, 0) is 25.1 Å². The number of carbonyl (C=O) groups excluding carboxylic acids is 1. The van der Waals surface area contributed by atoms with Crippen LogP contribution in [0, 0.1) is 6.92 Å². The lowest BCUT2D eigenvalue weighted by Gasteiger charge is -2.27. The minimum absolute atomic E-state index is 0.154. The van der Waals surface area contributed by atoms with E-state index in [0.717, 1.165) is 18.2 Å². The highest BCUT2D eigenvalue weighted by molar-refractivity contribution is 6.30. The van der Waals surface area contributed by atoms with Crippen molar-refractivity contribution in [2.75, 3.05) is 11.9 Å². The van der Waals surface area contributed by atoms with Gasteiger partial charge >= 0.3 is 6.03 Å². The molecule has 6 nitrogen and oxygen atoms in total. The average Bonchev–Trinajstić information content (AvgIpc) is 2.80. The smallest absolute Gasteiger partial charge is 0.315 e. The zero-order valence-corrected chi connectivity index (χ0v) is 11.8. The van der Waals surface area contributed by atoms with E-state index in [0.29, 0.717) is 23.8 Å². The number of aryl methyl sites for hydroxylation is 1. The Hall–Kier alpha value is -2.08. The van der Waals surface area contributed by atoms with Crippen LogP contribution in [0.2, 0.25) is 5.02 Å². The molecule has 0 saturated carbocycles. The molecule has 0 radical (unpaired) electrons. The highest BCUT2D eigenvalue weighted by Gasteiger charge is 2.23. The fourth-order valence-electron chi connectivity index (χ4n) is 2.25. The lowest BCUT2D eigenvalue weighted by Crippen LogP contribution is -2.41. The summed E-state index contributed by atoms with van der Waals surface area (Å²) in [7, 11) is 0. The summed E-state index contributed by atoms with van der Waals surface area (Å²) in [5, 5.41) is 11.5. The Kier molecular flexibility index (Phi) is 3.31. The van der Waals surface area contributed by atoms with Crippen LogP contribution in [0.15, 0.2) is 24.3 Å². The molecule has 20 heavy (non-hydrogen) atoms. The predicted molar refractivity (Wildman–Crippen MR) is 75.6 cm³/mol. The molecular weight excluding hydrogens is 278 g/mol. The third-order valence-electron chi connectivity index (χ3n) is 3.30. The number of hydrogen-bond donors (Lipinski definition) is 1. The largest absolute Gasteiger partial charge is 0.322 e. The summed E-state index contributed by atoms with van der Waals surface area (Å²) >= 11 is 5.90. The molecule has 3 rings (SSSR count). The number of halogens is 1. The summed E-state index contributed by atoms with van der Waals surface area (Å²) in [5.74, 6) is 1.70. The topological polar surface area (TPSA) is 63.1 Å². The Morgan fingerprint density at radius 2 is 2.20 bits per heavy atom. The van der Waals surface area contributed by atoms with Gasteiger partial charge in [-0.25, -0.2) is 4.79 Å². The maximum Gasteiger partial charge on any atom is 0.322 e. The van der Waals surface area contributed by atoms with E-state index >= 15 is 0 Å². The summed E-state index contributed by atoms with van der Waals surface area (Å²) in [5.41, 5.74) is 0.686. The number of amides is 2. The second kappa shape index (κ2) is 5.13. The van der Waals surface area contributed by atoms with Gasteiger partial charge in [0.15, 0.2) is 5.82 Å². The molecule has 1 aromatic carbocycles. The third kappa shape index (κ3) is 2.46. The molecule has 0 saturated heterocycles. The molecule has 104 valence electrons. The monoisotopic (exact) mass is 291 g/mol. The maximum atomic E-state index is 12.2. The highest BCUT2D eigenvalue weighted by atomic mass is 35.5. The fraction of sp³-hybridized carbons (Fsp3) is 0.308. The second-order valence-corrected chi connectivity index (χ2v) is 5.11. The fourth-order valence-corrected chi connectivity index (χ4v) is 2.44. The van der Waals surface area contributed by atoms with Gasteiger partial charge in [0.2, 0.25) is 0 Å². The summed E-state index contributed by atoms with van der Waals surface area (Å²) in [6, 6.07) is 6.94. The van der Waals surface area contributed by atoms with E-state index in [2.05, 4.69) is 15.5 Å². The molecule has 0 bridgehead atoms. The maximum absolute atomic E-state index is 12.2. The summed E-state index contributed by atoms with van der Waals surface area (Å²) in [4.78, 5) is 13.9. The van der Waals surface area contributed by atoms with Crippen LogP contribution in [0.3, 0.4) is 0 Å². The van der Waals surface area contributed by atoms with Crippen LogP contribution < -0.4 is 5.32 Å². The molecule has 1 aromatic heterocycles. The summed E-state index contributed by atoms with van der Waals surface area (Å²) in [6.45, 7) is 3.74. The zero-order valence-electron chi connectivity index (χ0n) is 11.0. The Bertz CT molecular complexity index is 654. The van der Waals surface area contributed by atoms with E-state index in [1.54, 1.807) is 29.2 Å². The molecule has 1 N–H and O–H groups in total. The second-order valence-electron chi connectivity index (χ2n) is 4.68. The first kappa shape index (κ1) is 12.9. The zero-order chi connectivity index (χ0) is 14.1. The first-order chi connectivity index (χ1) is 9.63. The van der Waals surface area contributed by atoms with Crippen molar-refractivity contribution in [1.82, 2.24) is 19.7 Å². The van der Waals surface area contributed by atoms with Crippen molar-refractivity contribution in [3.8, 4) is 0 Å². The van der Waals surface area contributed by atoms with E-state index in [9.17, 15) is 4.79 Å². The number of benzene rings is 1. The van der Waals surface area contributed by atoms with Gasteiger partial charge in [0.1, 0.15) is 5.82 Å². The third-order valence-corrected chi connectivity index (χ3v) is 3.54. The van der Waals surface area contributed by atoms with Gasteiger partial charge in [-0.15, -0.1) is 10.2 Å². The molecule has 0 fully saturated rings. The normalized spacial score (nSPS) is 14.0. The highest BCUT2D eigenvalue weighted by Crippen LogP contribution is 2.17. The van der Waals surface area contributed by atoms with Crippen molar-refractivity contribution in [2.45, 2.75) is 20.0 Å². The molecule has 0 unspecified atom stereocenters. The Morgan fingerprint density at radius 3 is 3.00 bits per heavy atom. The number of anilines is 1. The quantitative estimate of drug-likeness (QED) is 0.877. The van der Waals surface area contributed by atoms with Crippen molar-refractivity contribution in [2.24, 2.45) is 0 Å². The van der Waals surface area contributed by atoms with Gasteiger partial charge in [-0.1, -0.05) is 17.7 Å². The number of nitrogens with zero attached hydrogens (tertiary/aromatic N) is 4. The van der Waals surface area contributed by atoms with Crippen LogP contribution in [-0.2, 0) is 13.1 Å². The lowest BCUT2D eigenvalue weighted by molar-refractivity contribution is 0.195. The Balaban J connectivity index is 1.70. The number of urea groups is 1. The van der Waals surface area contributed by atoms with Crippen LogP contribution in [0.1, 0.15) is 11.6 Å².